The van der Waals surface area contributed by atoms with Crippen molar-refractivity contribution in [1.82, 2.24) is 10.6 Å². The fraction of sp³-hybridized carbons (Fsp3) is 0.867. The normalized spacial score (nSPS) is 28.9. The van der Waals surface area contributed by atoms with Crippen LogP contribution in [0.2, 0.25) is 0 Å². The maximum atomic E-state index is 11.9. The molecule has 2 fully saturated rings. The van der Waals surface area contributed by atoms with Crippen molar-refractivity contribution in [1.29, 1.82) is 0 Å². The van der Waals surface area contributed by atoms with Crippen LogP contribution in [0.15, 0.2) is 0 Å². The number of nitrogens with one attached hydrogen (secondary N) is 2. The van der Waals surface area contributed by atoms with Crippen LogP contribution in [-0.4, -0.2) is 29.7 Å². The molecule has 2 atom stereocenters. The summed E-state index contributed by atoms with van der Waals surface area (Å²) in [5.41, 5.74) is -0.713. The summed E-state index contributed by atoms with van der Waals surface area (Å²) >= 11 is 0. The Balaban J connectivity index is 1.73. The molecule has 2 rings (SSSR count). The molecule has 2 saturated carbocycles. The molecular formula is C15H26N2O3. The van der Waals surface area contributed by atoms with Gasteiger partial charge in [0.2, 0.25) is 0 Å². The van der Waals surface area contributed by atoms with Crippen molar-refractivity contribution in [2.24, 2.45) is 11.3 Å². The first-order chi connectivity index (χ1) is 9.52. The van der Waals surface area contributed by atoms with Crippen molar-refractivity contribution in [2.75, 3.05) is 6.54 Å². The van der Waals surface area contributed by atoms with Gasteiger partial charge in [0.05, 0.1) is 5.41 Å². The predicted octanol–water partition coefficient (Wildman–Crippen LogP) is 2.51. The zero-order valence-corrected chi connectivity index (χ0v) is 12.3. The van der Waals surface area contributed by atoms with Gasteiger partial charge in [0.25, 0.3) is 0 Å². The van der Waals surface area contributed by atoms with Crippen LogP contribution < -0.4 is 10.6 Å². The van der Waals surface area contributed by atoms with Gasteiger partial charge >= 0.3 is 12.0 Å². The minimum Gasteiger partial charge on any atom is -0.481 e. The molecule has 20 heavy (non-hydrogen) atoms. The fourth-order valence-electron chi connectivity index (χ4n) is 3.19. The molecule has 2 unspecified atom stereocenters. The maximum Gasteiger partial charge on any atom is 0.315 e. The van der Waals surface area contributed by atoms with Gasteiger partial charge in [0, 0.05) is 12.6 Å². The molecule has 0 radical (unpaired) electrons. The number of rotatable bonds is 4. The number of carbonyl (C=O) groups excluding carboxylic acids is 1. The van der Waals surface area contributed by atoms with Crippen molar-refractivity contribution in [2.45, 2.75) is 64.3 Å². The lowest BCUT2D eigenvalue weighted by molar-refractivity contribution is -0.153. The lowest BCUT2D eigenvalue weighted by Gasteiger charge is -2.37. The summed E-state index contributed by atoms with van der Waals surface area (Å²) in [6.07, 6.45) is 7.89. The van der Waals surface area contributed by atoms with Crippen LogP contribution in [0.5, 0.6) is 0 Å². The molecule has 2 amide bonds. The van der Waals surface area contributed by atoms with Crippen molar-refractivity contribution < 1.29 is 14.7 Å². The molecule has 0 aromatic rings. The molecule has 2 aliphatic rings. The quantitative estimate of drug-likeness (QED) is 0.693. The molecule has 0 aliphatic heterocycles. The number of amides is 2. The van der Waals surface area contributed by atoms with Crippen molar-refractivity contribution in [3.63, 3.8) is 0 Å². The minimum absolute atomic E-state index is 0.211. The number of carbonyl (C=O) groups is 2. The Morgan fingerprint density at radius 1 is 1.15 bits per heavy atom. The number of hydrogen-bond acceptors (Lipinski definition) is 2. The second kappa shape index (κ2) is 6.46. The lowest BCUT2D eigenvalue weighted by Crippen LogP contribution is -2.51. The molecule has 114 valence electrons. The Kier molecular flexibility index (Phi) is 4.89. The summed E-state index contributed by atoms with van der Waals surface area (Å²) in [5, 5.41) is 15.0. The van der Waals surface area contributed by atoms with E-state index < -0.39 is 11.4 Å². The van der Waals surface area contributed by atoms with E-state index in [1.165, 1.54) is 6.42 Å². The summed E-state index contributed by atoms with van der Waals surface area (Å²) in [6, 6.07) is 0.0270. The summed E-state index contributed by atoms with van der Waals surface area (Å²) in [4.78, 5) is 23.1. The van der Waals surface area contributed by atoms with E-state index in [0.717, 1.165) is 38.0 Å². The van der Waals surface area contributed by atoms with E-state index >= 15 is 0 Å². The minimum atomic E-state index is -0.785. The van der Waals surface area contributed by atoms with E-state index in [-0.39, 0.29) is 18.6 Å². The summed E-state index contributed by atoms with van der Waals surface area (Å²) in [5.74, 6) is -0.0394. The van der Waals surface area contributed by atoms with Crippen LogP contribution in [0.25, 0.3) is 0 Å². The third kappa shape index (κ3) is 3.64. The molecule has 5 nitrogen and oxygen atoms in total. The molecular weight excluding hydrogens is 256 g/mol. The molecule has 0 bridgehead atoms. The number of hydrogen-bond donors (Lipinski definition) is 3. The monoisotopic (exact) mass is 282 g/mol. The summed E-state index contributed by atoms with van der Waals surface area (Å²) in [6.45, 7) is 2.51. The number of aliphatic carboxylic acids is 1. The van der Waals surface area contributed by atoms with Crippen LogP contribution >= 0.6 is 0 Å². The Morgan fingerprint density at radius 2 is 1.90 bits per heavy atom. The molecule has 0 aromatic carbocycles. The number of carboxylic acids is 1. The number of carboxylic acid groups (broad SMARTS) is 1. The van der Waals surface area contributed by atoms with E-state index in [1.807, 2.05) is 0 Å². The van der Waals surface area contributed by atoms with E-state index in [2.05, 4.69) is 17.6 Å². The van der Waals surface area contributed by atoms with E-state index in [0.29, 0.717) is 12.8 Å². The molecule has 0 saturated heterocycles. The van der Waals surface area contributed by atoms with Crippen LogP contribution in [0.4, 0.5) is 4.79 Å². The lowest BCUT2D eigenvalue weighted by atomic mass is 9.69. The van der Waals surface area contributed by atoms with Gasteiger partial charge in [0.15, 0.2) is 0 Å². The maximum absolute atomic E-state index is 11.9. The van der Waals surface area contributed by atoms with Gasteiger partial charge in [-0.15, -0.1) is 0 Å². The average molecular weight is 282 g/mol. The van der Waals surface area contributed by atoms with Crippen molar-refractivity contribution >= 4 is 12.0 Å². The van der Waals surface area contributed by atoms with Crippen LogP contribution in [0, 0.1) is 11.3 Å². The van der Waals surface area contributed by atoms with E-state index in [9.17, 15) is 14.7 Å². The Hall–Kier alpha value is -1.26. The van der Waals surface area contributed by atoms with Gasteiger partial charge in [-0.25, -0.2) is 4.79 Å². The Bertz CT molecular complexity index is 366. The first kappa shape index (κ1) is 15.1. The van der Waals surface area contributed by atoms with Gasteiger partial charge in [-0.3, -0.25) is 4.79 Å². The second-order valence-electron chi connectivity index (χ2n) is 6.58. The third-order valence-electron chi connectivity index (χ3n) is 4.94. The molecule has 0 heterocycles. The van der Waals surface area contributed by atoms with Gasteiger partial charge in [-0.2, -0.15) is 0 Å². The third-order valence-corrected chi connectivity index (χ3v) is 4.94. The summed E-state index contributed by atoms with van der Waals surface area (Å²) in [7, 11) is 0. The highest BCUT2D eigenvalue weighted by Crippen LogP contribution is 2.40. The first-order valence-corrected chi connectivity index (χ1v) is 7.80. The molecule has 5 heteroatoms. The Morgan fingerprint density at radius 3 is 2.50 bits per heavy atom. The fourth-order valence-corrected chi connectivity index (χ4v) is 3.19. The van der Waals surface area contributed by atoms with Crippen LogP contribution in [0.1, 0.15) is 58.3 Å². The van der Waals surface area contributed by atoms with Crippen LogP contribution in [0.3, 0.4) is 0 Å². The SMILES string of the molecule is CC1CCCC(NC(=O)NCC2(C(=O)O)CCC2)CC1. The zero-order valence-electron chi connectivity index (χ0n) is 12.3. The number of urea groups is 1. The highest BCUT2D eigenvalue weighted by atomic mass is 16.4. The average Bonchev–Trinajstić information content (AvgIpc) is 2.52. The van der Waals surface area contributed by atoms with Crippen molar-refractivity contribution in [3.05, 3.63) is 0 Å². The predicted molar refractivity (Wildman–Crippen MR) is 76.5 cm³/mol. The van der Waals surface area contributed by atoms with Gasteiger partial charge in [-0.1, -0.05) is 26.2 Å². The Labute approximate surface area is 120 Å². The molecule has 2 aliphatic carbocycles. The highest BCUT2D eigenvalue weighted by Gasteiger charge is 2.44. The smallest absolute Gasteiger partial charge is 0.315 e. The first-order valence-electron chi connectivity index (χ1n) is 7.80. The van der Waals surface area contributed by atoms with Gasteiger partial charge in [-0.05, 0) is 38.0 Å². The zero-order chi connectivity index (χ0) is 14.6. The van der Waals surface area contributed by atoms with E-state index in [1.54, 1.807) is 0 Å². The molecule has 0 aromatic heterocycles. The highest BCUT2D eigenvalue weighted by molar-refractivity contribution is 5.78. The van der Waals surface area contributed by atoms with Gasteiger partial charge in [0.1, 0.15) is 0 Å². The van der Waals surface area contributed by atoms with E-state index in [4.69, 9.17) is 0 Å². The second-order valence-corrected chi connectivity index (χ2v) is 6.58. The largest absolute Gasteiger partial charge is 0.481 e. The van der Waals surface area contributed by atoms with Gasteiger partial charge < -0.3 is 15.7 Å². The topological polar surface area (TPSA) is 78.4 Å². The summed E-state index contributed by atoms with van der Waals surface area (Å²) < 4.78 is 0. The van der Waals surface area contributed by atoms with Crippen LogP contribution in [-0.2, 0) is 4.79 Å². The van der Waals surface area contributed by atoms with Crippen molar-refractivity contribution in [3.8, 4) is 0 Å². The molecule has 3 N–H and O–H groups in total. The standard InChI is InChI=1S/C15H26N2O3/c1-11-4-2-5-12(7-6-11)17-14(20)16-10-15(13(18)19)8-3-9-15/h11-12H,2-10H2,1H3,(H,18,19)(H2,16,17,20). The molecule has 0 spiro atoms.